The van der Waals surface area contributed by atoms with E-state index >= 15 is 0 Å². The Labute approximate surface area is 141 Å². The summed E-state index contributed by atoms with van der Waals surface area (Å²) in [7, 11) is -3.57. The van der Waals surface area contributed by atoms with Gasteiger partial charge < -0.3 is 9.30 Å². The van der Waals surface area contributed by atoms with Crippen LogP contribution in [-0.4, -0.2) is 52.9 Å². The van der Waals surface area contributed by atoms with Gasteiger partial charge in [0.2, 0.25) is 0 Å². The van der Waals surface area contributed by atoms with Gasteiger partial charge in [-0.2, -0.15) is 17.0 Å². The van der Waals surface area contributed by atoms with E-state index < -0.39 is 10.2 Å². The van der Waals surface area contributed by atoms with Gasteiger partial charge in [0, 0.05) is 32.0 Å². The van der Waals surface area contributed by atoms with Gasteiger partial charge in [-0.05, 0) is 5.56 Å². The molecule has 0 radical (unpaired) electrons. The number of benzene rings is 1. The lowest BCUT2D eigenvalue weighted by Gasteiger charge is -2.39. The van der Waals surface area contributed by atoms with Crippen molar-refractivity contribution in [2.24, 2.45) is 0 Å². The molecule has 24 heavy (non-hydrogen) atoms. The topological polar surface area (TPSA) is 67.7 Å². The normalized spacial score (nSPS) is 23.1. The van der Waals surface area contributed by atoms with Crippen molar-refractivity contribution < 1.29 is 13.2 Å². The second-order valence-corrected chi connectivity index (χ2v) is 7.87. The summed E-state index contributed by atoms with van der Waals surface area (Å²) in [5, 5.41) is 0. The molecule has 1 fully saturated rings. The van der Waals surface area contributed by atoms with Crippen LogP contribution in [0.4, 0.5) is 0 Å². The first-order chi connectivity index (χ1) is 11.7. The van der Waals surface area contributed by atoms with Crippen molar-refractivity contribution >= 4 is 10.2 Å². The minimum Gasteiger partial charge on any atom is -0.379 e. The predicted octanol–water partition coefficient (Wildman–Crippen LogP) is 1.02. The highest BCUT2D eigenvalue weighted by molar-refractivity contribution is 7.86. The van der Waals surface area contributed by atoms with E-state index in [0.29, 0.717) is 32.8 Å². The summed E-state index contributed by atoms with van der Waals surface area (Å²) in [6.07, 6.45) is 3.63. The molecule has 3 heterocycles. The van der Waals surface area contributed by atoms with Crippen molar-refractivity contribution in [2.45, 2.75) is 19.1 Å². The highest BCUT2D eigenvalue weighted by atomic mass is 32.2. The van der Waals surface area contributed by atoms with E-state index in [1.165, 1.54) is 4.31 Å². The first-order valence-corrected chi connectivity index (χ1v) is 9.45. The first-order valence-electron chi connectivity index (χ1n) is 8.06. The zero-order chi connectivity index (χ0) is 16.6. The van der Waals surface area contributed by atoms with E-state index in [-0.39, 0.29) is 12.6 Å². The van der Waals surface area contributed by atoms with Crippen LogP contribution in [0, 0.1) is 0 Å². The van der Waals surface area contributed by atoms with Gasteiger partial charge in [0.05, 0.1) is 25.8 Å². The number of ether oxygens (including phenoxy) is 1. The van der Waals surface area contributed by atoms with E-state index in [4.69, 9.17) is 4.74 Å². The number of hydrogen-bond donors (Lipinski definition) is 0. The number of imidazole rings is 1. The average Bonchev–Trinajstić information content (AvgIpc) is 3.10. The summed E-state index contributed by atoms with van der Waals surface area (Å²) in [4.78, 5) is 4.31. The molecule has 1 aromatic heterocycles. The molecule has 0 spiro atoms. The Balaban J connectivity index is 1.72. The average molecular weight is 348 g/mol. The zero-order valence-electron chi connectivity index (χ0n) is 13.3. The van der Waals surface area contributed by atoms with Crippen LogP contribution >= 0.6 is 0 Å². The van der Waals surface area contributed by atoms with Gasteiger partial charge in [0.25, 0.3) is 10.2 Å². The largest absolute Gasteiger partial charge is 0.379 e. The molecule has 2 aromatic rings. The lowest BCUT2D eigenvalue weighted by Crippen LogP contribution is -2.51. The van der Waals surface area contributed by atoms with E-state index in [0.717, 1.165) is 11.4 Å². The monoisotopic (exact) mass is 348 g/mol. The maximum absolute atomic E-state index is 13.2. The lowest BCUT2D eigenvalue weighted by molar-refractivity contribution is 0.0678. The van der Waals surface area contributed by atoms with E-state index in [1.807, 2.05) is 41.1 Å². The Hall–Kier alpha value is -1.74. The number of aromatic nitrogens is 2. The van der Waals surface area contributed by atoms with Crippen LogP contribution in [0.15, 0.2) is 42.7 Å². The summed E-state index contributed by atoms with van der Waals surface area (Å²) < 4.78 is 36.9. The van der Waals surface area contributed by atoms with Gasteiger partial charge in [0.1, 0.15) is 5.82 Å². The Kier molecular flexibility index (Phi) is 4.13. The number of nitrogens with zero attached hydrogens (tertiary/aromatic N) is 4. The SMILES string of the molecule is O=S(=O)(N1CCOCC1)N1Cc2nccn2C[C@@H]1c1ccccc1. The van der Waals surface area contributed by atoms with Crippen molar-refractivity contribution in [2.75, 3.05) is 26.3 Å². The molecule has 0 amide bonds. The summed E-state index contributed by atoms with van der Waals surface area (Å²) in [6, 6.07) is 9.55. The molecule has 0 bridgehead atoms. The van der Waals surface area contributed by atoms with Gasteiger partial charge in [-0.25, -0.2) is 4.98 Å². The summed E-state index contributed by atoms with van der Waals surface area (Å²) >= 11 is 0. The van der Waals surface area contributed by atoms with Crippen LogP contribution in [-0.2, 0) is 28.0 Å². The predicted molar refractivity (Wildman–Crippen MR) is 88.3 cm³/mol. The summed E-state index contributed by atoms with van der Waals surface area (Å²) in [6.45, 7) is 2.54. The third kappa shape index (κ3) is 2.75. The fourth-order valence-corrected chi connectivity index (χ4v) is 5.00. The minimum atomic E-state index is -3.57. The molecular formula is C16H20N4O3S. The molecule has 1 saturated heterocycles. The second-order valence-electron chi connectivity index (χ2n) is 5.99. The highest BCUT2D eigenvalue weighted by Crippen LogP contribution is 2.32. The third-order valence-corrected chi connectivity index (χ3v) is 6.59. The van der Waals surface area contributed by atoms with Gasteiger partial charge in [0.15, 0.2) is 0 Å². The van der Waals surface area contributed by atoms with Crippen molar-refractivity contribution in [3.8, 4) is 0 Å². The van der Waals surface area contributed by atoms with Crippen LogP contribution in [0.2, 0.25) is 0 Å². The Bertz CT molecular complexity index is 800. The van der Waals surface area contributed by atoms with Crippen LogP contribution in [0.5, 0.6) is 0 Å². The smallest absolute Gasteiger partial charge is 0.283 e. The second kappa shape index (κ2) is 6.29. The maximum Gasteiger partial charge on any atom is 0.283 e. The van der Waals surface area contributed by atoms with Gasteiger partial charge in [-0.3, -0.25) is 0 Å². The van der Waals surface area contributed by atoms with E-state index in [9.17, 15) is 8.42 Å². The third-order valence-electron chi connectivity index (χ3n) is 4.59. The Morgan fingerprint density at radius 3 is 2.62 bits per heavy atom. The van der Waals surface area contributed by atoms with E-state index in [2.05, 4.69) is 4.98 Å². The molecule has 0 saturated carbocycles. The fraction of sp³-hybridized carbons (Fsp3) is 0.438. The lowest BCUT2D eigenvalue weighted by atomic mass is 10.1. The van der Waals surface area contributed by atoms with Crippen molar-refractivity contribution in [3.05, 3.63) is 54.1 Å². The molecule has 0 N–H and O–H groups in total. The molecule has 2 aliphatic heterocycles. The molecule has 7 nitrogen and oxygen atoms in total. The van der Waals surface area contributed by atoms with Gasteiger partial charge in [-0.15, -0.1) is 0 Å². The molecule has 0 aliphatic carbocycles. The van der Waals surface area contributed by atoms with Crippen molar-refractivity contribution in [1.29, 1.82) is 0 Å². The molecule has 1 atom stereocenters. The molecule has 1 aromatic carbocycles. The van der Waals surface area contributed by atoms with E-state index in [1.54, 1.807) is 10.5 Å². The van der Waals surface area contributed by atoms with Crippen molar-refractivity contribution in [1.82, 2.24) is 18.2 Å². The summed E-state index contributed by atoms with van der Waals surface area (Å²) in [5.41, 5.74) is 0.994. The van der Waals surface area contributed by atoms with Crippen molar-refractivity contribution in [3.63, 3.8) is 0 Å². The minimum absolute atomic E-state index is 0.235. The Morgan fingerprint density at radius 1 is 1.12 bits per heavy atom. The van der Waals surface area contributed by atoms with Gasteiger partial charge in [-0.1, -0.05) is 30.3 Å². The van der Waals surface area contributed by atoms with Gasteiger partial charge >= 0.3 is 0 Å². The summed E-state index contributed by atoms with van der Waals surface area (Å²) in [5.74, 6) is 0.777. The zero-order valence-corrected chi connectivity index (χ0v) is 14.1. The number of hydrogen-bond acceptors (Lipinski definition) is 4. The first kappa shape index (κ1) is 15.8. The molecule has 0 unspecified atom stereocenters. The quantitative estimate of drug-likeness (QED) is 0.830. The number of rotatable bonds is 3. The molecule has 8 heteroatoms. The molecule has 2 aliphatic rings. The highest BCUT2D eigenvalue weighted by Gasteiger charge is 2.39. The molecule has 4 rings (SSSR count). The van der Waals surface area contributed by atoms with Crippen LogP contribution < -0.4 is 0 Å². The number of morpholine rings is 1. The molecular weight excluding hydrogens is 328 g/mol. The Morgan fingerprint density at radius 2 is 1.88 bits per heavy atom. The van der Waals surface area contributed by atoms with Crippen LogP contribution in [0.1, 0.15) is 17.4 Å². The maximum atomic E-state index is 13.2. The number of fused-ring (bicyclic) bond motifs is 1. The van der Waals surface area contributed by atoms with Crippen LogP contribution in [0.25, 0.3) is 0 Å². The standard InChI is InChI=1S/C16H20N4O3S/c21-24(22,19-8-10-23-11-9-19)20-13-16-17-6-7-18(16)12-15(20)14-4-2-1-3-5-14/h1-7,15H,8-13H2/t15-/m1/s1. The van der Waals surface area contributed by atoms with Crippen LogP contribution in [0.3, 0.4) is 0 Å². The molecule has 128 valence electrons. The fourth-order valence-electron chi connectivity index (χ4n) is 3.30.